The van der Waals surface area contributed by atoms with Crippen molar-refractivity contribution in [2.24, 2.45) is 0 Å². The average Bonchev–Trinajstić information content (AvgIpc) is 2.47. The Bertz CT molecular complexity index is 695. The maximum atomic E-state index is 5.77. The number of nitrogens with zero attached hydrogens (tertiary/aromatic N) is 3. The number of hydrogen-bond acceptors (Lipinski definition) is 4. The van der Waals surface area contributed by atoms with Gasteiger partial charge in [-0.1, -0.05) is 35.9 Å². The van der Waals surface area contributed by atoms with Crippen molar-refractivity contribution in [1.29, 1.82) is 0 Å². The van der Waals surface area contributed by atoms with E-state index in [1.54, 1.807) is 30.4 Å². The Morgan fingerprint density at radius 3 is 2.74 bits per heavy atom. The van der Waals surface area contributed by atoms with Crippen LogP contribution in [0, 0.1) is 0 Å². The van der Waals surface area contributed by atoms with Gasteiger partial charge in [-0.2, -0.15) is 0 Å². The molecule has 3 rings (SSSR count). The standard InChI is InChI=1S/C14H10ClN3S/c15-13-6-5-10(7-16-13)8-19-14-11-3-1-2-4-12(11)17-9-18-14/h1-7,9H,8H2. The second kappa shape index (κ2) is 5.55. The van der Waals surface area contributed by atoms with Crippen LogP contribution >= 0.6 is 23.4 Å². The zero-order valence-electron chi connectivity index (χ0n) is 9.95. The summed E-state index contributed by atoms with van der Waals surface area (Å²) >= 11 is 7.44. The van der Waals surface area contributed by atoms with Crippen molar-refractivity contribution in [3.8, 4) is 0 Å². The first-order valence-corrected chi connectivity index (χ1v) is 7.12. The number of hydrogen-bond donors (Lipinski definition) is 0. The third-order valence-electron chi connectivity index (χ3n) is 2.67. The molecule has 5 heteroatoms. The van der Waals surface area contributed by atoms with Crippen LogP contribution in [0.1, 0.15) is 5.56 Å². The van der Waals surface area contributed by atoms with Crippen LogP contribution in [0.5, 0.6) is 0 Å². The van der Waals surface area contributed by atoms with Crippen LogP contribution in [0.4, 0.5) is 0 Å². The van der Waals surface area contributed by atoms with E-state index in [0.29, 0.717) is 5.15 Å². The van der Waals surface area contributed by atoms with Crippen LogP contribution in [0.15, 0.2) is 53.9 Å². The van der Waals surface area contributed by atoms with Crippen molar-refractivity contribution in [1.82, 2.24) is 15.0 Å². The molecule has 0 N–H and O–H groups in total. The molecule has 0 saturated heterocycles. The Balaban J connectivity index is 1.84. The topological polar surface area (TPSA) is 38.7 Å². The van der Waals surface area contributed by atoms with E-state index < -0.39 is 0 Å². The number of rotatable bonds is 3. The summed E-state index contributed by atoms with van der Waals surface area (Å²) in [6.45, 7) is 0. The molecule has 0 radical (unpaired) electrons. The van der Waals surface area contributed by atoms with E-state index in [-0.39, 0.29) is 0 Å². The van der Waals surface area contributed by atoms with Crippen LogP contribution in [-0.2, 0) is 5.75 Å². The van der Waals surface area contributed by atoms with Crippen molar-refractivity contribution in [2.75, 3.05) is 0 Å². The molecular formula is C14H10ClN3S. The zero-order valence-corrected chi connectivity index (χ0v) is 11.5. The van der Waals surface area contributed by atoms with Gasteiger partial charge in [0.1, 0.15) is 16.5 Å². The second-order valence-electron chi connectivity index (χ2n) is 3.97. The summed E-state index contributed by atoms with van der Waals surface area (Å²) in [7, 11) is 0. The molecule has 0 bridgehead atoms. The Morgan fingerprint density at radius 2 is 1.89 bits per heavy atom. The number of fused-ring (bicyclic) bond motifs is 1. The van der Waals surface area contributed by atoms with Crippen molar-refractivity contribution in [2.45, 2.75) is 10.8 Å². The van der Waals surface area contributed by atoms with Crippen LogP contribution < -0.4 is 0 Å². The molecule has 2 heterocycles. The van der Waals surface area contributed by atoms with Gasteiger partial charge in [-0.05, 0) is 17.7 Å². The molecule has 0 aliphatic heterocycles. The number of para-hydroxylation sites is 1. The lowest BCUT2D eigenvalue weighted by atomic mass is 10.2. The van der Waals surface area contributed by atoms with E-state index in [4.69, 9.17) is 11.6 Å². The number of pyridine rings is 1. The maximum Gasteiger partial charge on any atom is 0.129 e. The van der Waals surface area contributed by atoms with Crippen LogP contribution in [0.2, 0.25) is 5.15 Å². The molecule has 3 nitrogen and oxygen atoms in total. The molecule has 0 atom stereocenters. The molecule has 1 aromatic carbocycles. The first-order chi connectivity index (χ1) is 9.33. The predicted octanol–water partition coefficient (Wildman–Crippen LogP) is 3.97. The smallest absolute Gasteiger partial charge is 0.129 e. The van der Waals surface area contributed by atoms with Gasteiger partial charge in [0.2, 0.25) is 0 Å². The summed E-state index contributed by atoms with van der Waals surface area (Å²) in [6.07, 6.45) is 3.39. The molecule has 0 aliphatic rings. The third kappa shape index (κ3) is 2.85. The molecule has 0 spiro atoms. The number of benzene rings is 1. The lowest BCUT2D eigenvalue weighted by molar-refractivity contribution is 1.10. The molecule has 0 unspecified atom stereocenters. The summed E-state index contributed by atoms with van der Waals surface area (Å²) < 4.78 is 0. The number of aromatic nitrogens is 3. The maximum absolute atomic E-state index is 5.77. The quantitative estimate of drug-likeness (QED) is 0.415. The van der Waals surface area contributed by atoms with E-state index in [1.165, 1.54) is 0 Å². The summed E-state index contributed by atoms with van der Waals surface area (Å²) in [5.41, 5.74) is 2.09. The lowest BCUT2D eigenvalue weighted by Crippen LogP contribution is -1.88. The minimum Gasteiger partial charge on any atom is -0.244 e. The normalized spacial score (nSPS) is 10.8. The van der Waals surface area contributed by atoms with E-state index in [0.717, 1.165) is 27.2 Å². The van der Waals surface area contributed by atoms with Gasteiger partial charge in [0.25, 0.3) is 0 Å². The Kier molecular flexibility index (Phi) is 3.62. The van der Waals surface area contributed by atoms with Crippen molar-refractivity contribution in [3.63, 3.8) is 0 Å². The molecule has 0 aliphatic carbocycles. The average molecular weight is 288 g/mol. The fraction of sp³-hybridized carbons (Fsp3) is 0.0714. The minimum absolute atomic E-state index is 0.515. The van der Waals surface area contributed by atoms with Crippen LogP contribution in [0.25, 0.3) is 10.9 Å². The zero-order chi connectivity index (χ0) is 13.1. The second-order valence-corrected chi connectivity index (χ2v) is 5.33. The van der Waals surface area contributed by atoms with Gasteiger partial charge in [0, 0.05) is 17.3 Å². The monoisotopic (exact) mass is 287 g/mol. The highest BCUT2D eigenvalue weighted by atomic mass is 35.5. The molecule has 19 heavy (non-hydrogen) atoms. The SMILES string of the molecule is Clc1ccc(CSc2ncnc3ccccc23)cn1. The number of halogens is 1. The van der Waals surface area contributed by atoms with Gasteiger partial charge in [-0.15, -0.1) is 11.8 Å². The third-order valence-corrected chi connectivity index (χ3v) is 3.97. The van der Waals surface area contributed by atoms with E-state index in [2.05, 4.69) is 15.0 Å². The summed E-state index contributed by atoms with van der Waals surface area (Å²) in [6, 6.07) is 11.8. The highest BCUT2D eigenvalue weighted by molar-refractivity contribution is 7.98. The highest BCUT2D eigenvalue weighted by Gasteiger charge is 2.04. The van der Waals surface area contributed by atoms with Gasteiger partial charge >= 0.3 is 0 Å². The van der Waals surface area contributed by atoms with Gasteiger partial charge in [0.05, 0.1) is 5.52 Å². The molecule has 0 amide bonds. The summed E-state index contributed by atoms with van der Waals surface area (Å²) in [5.74, 6) is 0.811. The predicted molar refractivity (Wildman–Crippen MR) is 78.3 cm³/mol. The fourth-order valence-electron chi connectivity index (χ4n) is 1.74. The van der Waals surface area contributed by atoms with Crippen molar-refractivity contribution < 1.29 is 0 Å². The minimum atomic E-state index is 0.515. The molecule has 3 aromatic rings. The fourth-order valence-corrected chi connectivity index (χ4v) is 2.77. The van der Waals surface area contributed by atoms with Crippen molar-refractivity contribution >= 4 is 34.3 Å². The molecule has 94 valence electrons. The van der Waals surface area contributed by atoms with Crippen LogP contribution in [0.3, 0.4) is 0 Å². The first kappa shape index (κ1) is 12.4. The van der Waals surface area contributed by atoms with Gasteiger partial charge in [-0.3, -0.25) is 0 Å². The molecular weight excluding hydrogens is 278 g/mol. The molecule has 0 fully saturated rings. The number of thioether (sulfide) groups is 1. The highest BCUT2D eigenvalue weighted by Crippen LogP contribution is 2.27. The summed E-state index contributed by atoms with van der Waals surface area (Å²) in [4.78, 5) is 12.7. The Labute approximate surface area is 120 Å². The molecule has 0 saturated carbocycles. The van der Waals surface area contributed by atoms with Gasteiger partial charge in [-0.25, -0.2) is 15.0 Å². The Morgan fingerprint density at radius 1 is 1.00 bits per heavy atom. The summed E-state index contributed by atoms with van der Waals surface area (Å²) in [5, 5.41) is 2.58. The van der Waals surface area contributed by atoms with Crippen molar-refractivity contribution in [3.05, 3.63) is 59.6 Å². The Hall–Kier alpha value is -1.65. The van der Waals surface area contributed by atoms with E-state index >= 15 is 0 Å². The van der Waals surface area contributed by atoms with E-state index in [1.807, 2.05) is 30.3 Å². The molecule has 2 aromatic heterocycles. The van der Waals surface area contributed by atoms with Crippen LogP contribution in [-0.4, -0.2) is 15.0 Å². The van der Waals surface area contributed by atoms with Gasteiger partial charge < -0.3 is 0 Å². The lowest BCUT2D eigenvalue weighted by Gasteiger charge is -2.04. The first-order valence-electron chi connectivity index (χ1n) is 5.76. The largest absolute Gasteiger partial charge is 0.244 e. The van der Waals surface area contributed by atoms with Gasteiger partial charge in [0.15, 0.2) is 0 Å². The van der Waals surface area contributed by atoms with E-state index in [9.17, 15) is 0 Å².